The molecule has 1 aromatic rings. The Morgan fingerprint density at radius 1 is 1.43 bits per heavy atom. The second-order valence-electron chi connectivity index (χ2n) is 2.59. The lowest BCUT2D eigenvalue weighted by Crippen LogP contribution is -2.04. The van der Waals surface area contributed by atoms with Gasteiger partial charge < -0.3 is 0 Å². The number of hydrogen-bond acceptors (Lipinski definition) is 2. The molecule has 0 saturated carbocycles. The molecule has 0 aliphatic rings. The maximum Gasteiger partial charge on any atom is 0.275 e. The van der Waals surface area contributed by atoms with Crippen LogP contribution in [0.3, 0.4) is 0 Å². The van der Waals surface area contributed by atoms with E-state index in [-0.39, 0.29) is 0 Å². The van der Waals surface area contributed by atoms with Crippen molar-refractivity contribution in [1.82, 2.24) is 0 Å². The number of halogens is 3. The van der Waals surface area contributed by atoms with E-state index in [1.807, 2.05) is 0 Å². The zero-order valence-electron chi connectivity index (χ0n) is 6.91. The van der Waals surface area contributed by atoms with Crippen molar-refractivity contribution in [2.24, 2.45) is 0 Å². The highest BCUT2D eigenvalue weighted by atomic mass is 19.3. The molecule has 0 bridgehead atoms. The average molecular weight is 205 g/mol. The van der Waals surface area contributed by atoms with Gasteiger partial charge in [-0.15, -0.1) is 0 Å². The molecule has 76 valence electrons. The van der Waals surface area contributed by atoms with Crippen molar-refractivity contribution in [2.75, 3.05) is 0 Å². The third kappa shape index (κ3) is 2.21. The van der Waals surface area contributed by atoms with E-state index < -0.39 is 34.8 Å². The van der Waals surface area contributed by atoms with Gasteiger partial charge >= 0.3 is 0 Å². The first kappa shape index (κ1) is 10.5. The summed E-state index contributed by atoms with van der Waals surface area (Å²) in [4.78, 5) is 9.48. The molecule has 14 heavy (non-hydrogen) atoms. The lowest BCUT2D eigenvalue weighted by atomic mass is 10.1. The van der Waals surface area contributed by atoms with E-state index in [2.05, 4.69) is 0 Å². The Labute approximate surface area is 77.3 Å². The summed E-state index contributed by atoms with van der Waals surface area (Å²) < 4.78 is 36.8. The van der Waals surface area contributed by atoms with Crippen LogP contribution in [0.15, 0.2) is 18.2 Å². The van der Waals surface area contributed by atoms with Gasteiger partial charge in [-0.1, -0.05) is 6.07 Å². The van der Waals surface area contributed by atoms with Gasteiger partial charge in [-0.2, -0.15) is 0 Å². The van der Waals surface area contributed by atoms with Crippen LogP contribution in [0.5, 0.6) is 0 Å². The normalized spacial score (nSPS) is 10.6. The molecule has 0 aliphatic carbocycles. The Morgan fingerprint density at radius 2 is 2.07 bits per heavy atom. The van der Waals surface area contributed by atoms with Gasteiger partial charge in [-0.3, -0.25) is 10.1 Å². The second-order valence-corrected chi connectivity index (χ2v) is 2.59. The Bertz CT molecular complexity index is 354. The molecule has 0 aliphatic heterocycles. The number of rotatable bonds is 3. The van der Waals surface area contributed by atoms with Gasteiger partial charge in [0.05, 0.1) is 10.5 Å². The first-order valence-electron chi connectivity index (χ1n) is 3.72. The molecule has 0 unspecified atom stereocenters. The molecule has 0 saturated heterocycles. The maximum atomic E-state index is 12.9. The highest BCUT2D eigenvalue weighted by Gasteiger charge is 2.20. The predicted molar refractivity (Wildman–Crippen MR) is 42.8 cm³/mol. The summed E-state index contributed by atoms with van der Waals surface area (Å²) in [6.07, 6.45) is -3.74. The van der Waals surface area contributed by atoms with Crippen molar-refractivity contribution in [3.8, 4) is 0 Å². The first-order chi connectivity index (χ1) is 6.52. The number of nitro groups is 1. The van der Waals surface area contributed by atoms with Crippen molar-refractivity contribution in [3.63, 3.8) is 0 Å². The van der Waals surface area contributed by atoms with Gasteiger partial charge in [0, 0.05) is 12.5 Å². The summed E-state index contributed by atoms with van der Waals surface area (Å²) in [5.74, 6) is -0.973. The average Bonchev–Trinajstić information content (AvgIpc) is 2.07. The highest BCUT2D eigenvalue weighted by Crippen LogP contribution is 2.23. The number of benzene rings is 1. The summed E-state index contributed by atoms with van der Waals surface area (Å²) in [5, 5.41) is 10.3. The van der Waals surface area contributed by atoms with Crippen LogP contribution in [-0.4, -0.2) is 11.3 Å². The third-order valence-electron chi connectivity index (χ3n) is 1.65. The highest BCUT2D eigenvalue weighted by molar-refractivity contribution is 5.41. The Balaban J connectivity index is 3.15. The quantitative estimate of drug-likeness (QED) is 0.562. The van der Waals surface area contributed by atoms with Crippen LogP contribution >= 0.6 is 0 Å². The molecule has 6 heteroatoms. The molecule has 0 radical (unpaired) electrons. The van der Waals surface area contributed by atoms with Crippen LogP contribution in [0.1, 0.15) is 5.56 Å². The molecule has 0 N–H and O–H groups in total. The Kier molecular flexibility index (Phi) is 3.06. The monoisotopic (exact) mass is 205 g/mol. The minimum Gasteiger partial charge on any atom is -0.258 e. The Morgan fingerprint density at radius 3 is 2.57 bits per heavy atom. The van der Waals surface area contributed by atoms with E-state index in [0.29, 0.717) is 0 Å². The summed E-state index contributed by atoms with van der Waals surface area (Å²) in [6.45, 7) is 0. The standard InChI is InChI=1S/C8H6F3NO2/c9-6-2-1-3-7(12(13)14)5(6)4-8(10)11/h1-3,8H,4H2. The van der Waals surface area contributed by atoms with E-state index >= 15 is 0 Å². The SMILES string of the molecule is O=[N+]([O-])c1cccc(F)c1CC(F)F. The third-order valence-corrected chi connectivity index (χ3v) is 1.65. The zero-order chi connectivity index (χ0) is 10.7. The number of hydrogen-bond donors (Lipinski definition) is 0. The van der Waals surface area contributed by atoms with Gasteiger partial charge in [-0.25, -0.2) is 13.2 Å². The molecule has 3 nitrogen and oxygen atoms in total. The van der Waals surface area contributed by atoms with Crippen LogP contribution in [-0.2, 0) is 6.42 Å². The summed E-state index contributed by atoms with van der Waals surface area (Å²) in [5.41, 5.74) is -1.15. The van der Waals surface area contributed by atoms with E-state index in [1.54, 1.807) is 0 Å². The van der Waals surface area contributed by atoms with Crippen LogP contribution in [0.2, 0.25) is 0 Å². The molecular weight excluding hydrogens is 199 g/mol. The van der Waals surface area contributed by atoms with Gasteiger partial charge in [0.25, 0.3) is 5.69 Å². The Hall–Kier alpha value is -1.59. The zero-order valence-corrected chi connectivity index (χ0v) is 6.91. The van der Waals surface area contributed by atoms with Gasteiger partial charge in [0.1, 0.15) is 5.82 Å². The molecule has 1 aromatic carbocycles. The molecule has 0 spiro atoms. The molecule has 0 fully saturated rings. The first-order valence-corrected chi connectivity index (χ1v) is 3.72. The fourth-order valence-electron chi connectivity index (χ4n) is 1.07. The van der Waals surface area contributed by atoms with Crippen molar-refractivity contribution < 1.29 is 18.1 Å². The fraction of sp³-hybridized carbons (Fsp3) is 0.250. The molecule has 0 amide bonds. The number of alkyl halides is 2. The molecule has 0 heterocycles. The van der Waals surface area contributed by atoms with Gasteiger partial charge in [0.15, 0.2) is 0 Å². The van der Waals surface area contributed by atoms with Crippen molar-refractivity contribution >= 4 is 5.69 Å². The van der Waals surface area contributed by atoms with E-state index in [9.17, 15) is 23.3 Å². The van der Waals surface area contributed by atoms with Gasteiger partial charge in [0.2, 0.25) is 6.43 Å². The van der Waals surface area contributed by atoms with Crippen molar-refractivity contribution in [3.05, 3.63) is 39.7 Å². The fourth-order valence-corrected chi connectivity index (χ4v) is 1.07. The van der Waals surface area contributed by atoms with Crippen LogP contribution in [0, 0.1) is 15.9 Å². The maximum absolute atomic E-state index is 12.9. The number of nitro benzene ring substituents is 1. The van der Waals surface area contributed by atoms with E-state index in [1.165, 1.54) is 0 Å². The van der Waals surface area contributed by atoms with Crippen LogP contribution in [0.25, 0.3) is 0 Å². The summed E-state index contributed by atoms with van der Waals surface area (Å²) in [7, 11) is 0. The van der Waals surface area contributed by atoms with Crippen molar-refractivity contribution in [1.29, 1.82) is 0 Å². The summed E-state index contributed by atoms with van der Waals surface area (Å²) in [6, 6.07) is 3.04. The van der Waals surface area contributed by atoms with Crippen LogP contribution < -0.4 is 0 Å². The largest absolute Gasteiger partial charge is 0.275 e. The topological polar surface area (TPSA) is 43.1 Å². The van der Waals surface area contributed by atoms with E-state index in [4.69, 9.17) is 0 Å². The van der Waals surface area contributed by atoms with Crippen molar-refractivity contribution in [2.45, 2.75) is 12.8 Å². The molecule has 1 rings (SSSR count). The molecule has 0 atom stereocenters. The van der Waals surface area contributed by atoms with E-state index in [0.717, 1.165) is 18.2 Å². The summed E-state index contributed by atoms with van der Waals surface area (Å²) >= 11 is 0. The van der Waals surface area contributed by atoms with Gasteiger partial charge in [-0.05, 0) is 6.07 Å². The van der Waals surface area contributed by atoms with Crippen LogP contribution in [0.4, 0.5) is 18.9 Å². The molecule has 0 aromatic heterocycles. The second kappa shape index (κ2) is 4.08. The number of nitrogens with zero attached hydrogens (tertiary/aromatic N) is 1. The lowest BCUT2D eigenvalue weighted by Gasteiger charge is -2.02. The molecular formula is C8H6F3NO2. The lowest BCUT2D eigenvalue weighted by molar-refractivity contribution is -0.385. The predicted octanol–water partition coefficient (Wildman–Crippen LogP) is 2.54. The minimum atomic E-state index is -2.80. The minimum absolute atomic E-state index is 0.549. The smallest absolute Gasteiger partial charge is 0.258 e.